The van der Waals surface area contributed by atoms with Crippen LogP contribution in [0.5, 0.6) is 0 Å². The third kappa shape index (κ3) is 4.48. The summed E-state index contributed by atoms with van der Waals surface area (Å²) in [6, 6.07) is 4.73. The number of urea groups is 1. The Morgan fingerprint density at radius 2 is 1.94 bits per heavy atom. The van der Waals surface area contributed by atoms with Gasteiger partial charge in [0.2, 0.25) is 11.5 Å². The summed E-state index contributed by atoms with van der Waals surface area (Å²) in [4.78, 5) is 55.2. The van der Waals surface area contributed by atoms with Gasteiger partial charge in [0.05, 0.1) is 0 Å². The van der Waals surface area contributed by atoms with Gasteiger partial charge in [0, 0.05) is 50.5 Å². The standard InChI is InChI=1S/C26H34N4O6/c1-16(18-3-4-18)30(13-17-7-9-35-10-8-17)23(32)14-29-15-36-26(24(29)33)21-6-5-20(28-25(34)27-2)11-19(21)12-22(26)31/h5-6,11,16-18H,3-4,7-10,12-15H2,1-2H3,(H2,27,28,34)/t16?,26-/m1/s1. The average molecular weight is 499 g/mol. The number of hydrogen-bond acceptors (Lipinski definition) is 6. The Balaban J connectivity index is 1.31. The number of fused-ring (bicyclic) bond motifs is 2. The maximum Gasteiger partial charge on any atom is 0.318 e. The highest BCUT2D eigenvalue weighted by Crippen LogP contribution is 2.43. The second-order valence-corrected chi connectivity index (χ2v) is 10.3. The van der Waals surface area contributed by atoms with Gasteiger partial charge in [0.25, 0.3) is 5.91 Å². The predicted molar refractivity (Wildman–Crippen MR) is 130 cm³/mol. The molecule has 0 aromatic heterocycles. The highest BCUT2D eigenvalue weighted by molar-refractivity contribution is 6.15. The molecule has 0 radical (unpaired) electrons. The van der Waals surface area contributed by atoms with E-state index in [-0.39, 0.29) is 43.5 Å². The molecule has 2 N–H and O–H groups in total. The molecule has 2 aliphatic heterocycles. The summed E-state index contributed by atoms with van der Waals surface area (Å²) in [5, 5.41) is 5.15. The number of ketones is 1. The summed E-state index contributed by atoms with van der Waals surface area (Å²) >= 11 is 0. The van der Waals surface area contributed by atoms with Crippen LogP contribution in [0.1, 0.15) is 43.7 Å². The van der Waals surface area contributed by atoms with E-state index in [1.165, 1.54) is 11.9 Å². The summed E-state index contributed by atoms with van der Waals surface area (Å²) in [6.07, 6.45) is 4.13. The highest BCUT2D eigenvalue weighted by atomic mass is 16.5. The smallest absolute Gasteiger partial charge is 0.318 e. The first-order valence-corrected chi connectivity index (χ1v) is 12.8. The van der Waals surface area contributed by atoms with E-state index in [1.54, 1.807) is 18.2 Å². The molecule has 36 heavy (non-hydrogen) atoms. The van der Waals surface area contributed by atoms with Crippen LogP contribution in [0.2, 0.25) is 0 Å². The van der Waals surface area contributed by atoms with Crippen LogP contribution in [0.25, 0.3) is 0 Å². The van der Waals surface area contributed by atoms with Crippen LogP contribution in [0.3, 0.4) is 0 Å². The van der Waals surface area contributed by atoms with Crippen molar-refractivity contribution in [1.82, 2.24) is 15.1 Å². The molecule has 1 spiro atoms. The number of ether oxygens (including phenoxy) is 2. The number of nitrogens with one attached hydrogen (secondary N) is 2. The maximum absolute atomic E-state index is 13.6. The Bertz CT molecular complexity index is 1070. The zero-order valence-electron chi connectivity index (χ0n) is 20.9. The molecule has 5 rings (SSSR count). The molecular weight excluding hydrogens is 464 g/mol. The zero-order valence-corrected chi connectivity index (χ0v) is 20.9. The summed E-state index contributed by atoms with van der Waals surface area (Å²) < 4.78 is 11.4. The van der Waals surface area contributed by atoms with Crippen LogP contribution in [-0.2, 0) is 35.9 Å². The van der Waals surface area contributed by atoms with Crippen molar-refractivity contribution in [2.75, 3.05) is 45.4 Å². The molecule has 4 amide bonds. The van der Waals surface area contributed by atoms with Crippen LogP contribution in [0.15, 0.2) is 18.2 Å². The Morgan fingerprint density at radius 3 is 2.64 bits per heavy atom. The number of rotatable bonds is 7. The summed E-state index contributed by atoms with van der Waals surface area (Å²) in [6.45, 7) is 3.97. The number of carbonyl (C=O) groups is 4. The molecule has 2 atom stereocenters. The molecule has 2 saturated heterocycles. The zero-order chi connectivity index (χ0) is 25.4. The van der Waals surface area contributed by atoms with E-state index in [0.29, 0.717) is 48.4 Å². The number of anilines is 1. The lowest BCUT2D eigenvalue weighted by atomic mass is 9.94. The van der Waals surface area contributed by atoms with Gasteiger partial charge >= 0.3 is 6.03 Å². The Labute approximate surface area is 210 Å². The minimum atomic E-state index is -1.71. The number of carbonyl (C=O) groups excluding carboxylic acids is 4. The molecule has 3 fully saturated rings. The number of nitrogens with zero attached hydrogens (tertiary/aromatic N) is 2. The monoisotopic (exact) mass is 498 g/mol. The number of benzene rings is 1. The van der Waals surface area contributed by atoms with Crippen molar-refractivity contribution in [3.63, 3.8) is 0 Å². The number of amides is 4. The van der Waals surface area contributed by atoms with Gasteiger partial charge in [-0.25, -0.2) is 4.79 Å². The second kappa shape index (κ2) is 9.82. The molecule has 1 aromatic carbocycles. The van der Waals surface area contributed by atoms with Crippen molar-refractivity contribution in [2.45, 2.75) is 50.7 Å². The molecule has 10 nitrogen and oxygen atoms in total. The van der Waals surface area contributed by atoms with Crippen LogP contribution in [0, 0.1) is 11.8 Å². The second-order valence-electron chi connectivity index (χ2n) is 10.3. The first-order chi connectivity index (χ1) is 17.3. The van der Waals surface area contributed by atoms with E-state index in [1.807, 2.05) is 4.90 Å². The minimum Gasteiger partial charge on any atom is -0.381 e. The quantitative estimate of drug-likeness (QED) is 0.552. The van der Waals surface area contributed by atoms with Crippen molar-refractivity contribution < 1.29 is 28.7 Å². The maximum atomic E-state index is 13.6. The van der Waals surface area contributed by atoms with Gasteiger partial charge in [-0.15, -0.1) is 0 Å². The molecule has 2 heterocycles. The lowest BCUT2D eigenvalue weighted by Gasteiger charge is -2.35. The van der Waals surface area contributed by atoms with Crippen molar-refractivity contribution >= 4 is 29.3 Å². The van der Waals surface area contributed by atoms with Crippen LogP contribution in [0.4, 0.5) is 10.5 Å². The summed E-state index contributed by atoms with van der Waals surface area (Å²) in [5.41, 5.74) is -0.0677. The van der Waals surface area contributed by atoms with Gasteiger partial charge in [-0.3, -0.25) is 14.4 Å². The molecular formula is C26H34N4O6. The van der Waals surface area contributed by atoms with Gasteiger partial charge < -0.3 is 29.9 Å². The third-order valence-electron chi connectivity index (χ3n) is 7.98. The van der Waals surface area contributed by atoms with Crippen molar-refractivity contribution in [3.8, 4) is 0 Å². The normalized spacial score (nSPS) is 24.7. The predicted octanol–water partition coefficient (Wildman–Crippen LogP) is 1.63. The Kier molecular flexibility index (Phi) is 6.74. The van der Waals surface area contributed by atoms with Crippen molar-refractivity contribution in [1.29, 1.82) is 0 Å². The molecule has 194 valence electrons. The molecule has 1 aromatic rings. The van der Waals surface area contributed by atoms with Crippen LogP contribution >= 0.6 is 0 Å². The number of Topliss-reactive ketones (excluding diaryl/α,β-unsaturated/α-hetero) is 1. The summed E-state index contributed by atoms with van der Waals surface area (Å²) in [5.74, 6) is -0.0458. The van der Waals surface area contributed by atoms with Gasteiger partial charge in [0.15, 0.2) is 5.78 Å². The molecule has 1 unspecified atom stereocenters. The van der Waals surface area contributed by atoms with Gasteiger partial charge in [0.1, 0.15) is 13.3 Å². The molecule has 4 aliphatic rings. The fourth-order valence-electron chi connectivity index (χ4n) is 5.62. The van der Waals surface area contributed by atoms with Crippen LogP contribution in [-0.4, -0.2) is 79.6 Å². The third-order valence-corrected chi connectivity index (χ3v) is 7.98. The lowest BCUT2D eigenvalue weighted by Crippen LogP contribution is -2.50. The van der Waals surface area contributed by atoms with Gasteiger partial charge in [-0.1, -0.05) is 6.07 Å². The highest BCUT2D eigenvalue weighted by Gasteiger charge is 2.59. The van der Waals surface area contributed by atoms with Crippen LogP contribution < -0.4 is 10.6 Å². The Hall–Kier alpha value is -2.98. The molecule has 0 bridgehead atoms. The van der Waals surface area contributed by atoms with E-state index < -0.39 is 11.5 Å². The van der Waals surface area contributed by atoms with E-state index in [0.717, 1.165) is 25.7 Å². The van der Waals surface area contributed by atoms with Crippen molar-refractivity contribution in [2.24, 2.45) is 11.8 Å². The van der Waals surface area contributed by atoms with E-state index >= 15 is 0 Å². The van der Waals surface area contributed by atoms with Gasteiger partial charge in [-0.05, 0) is 62.1 Å². The fraction of sp³-hybridized carbons (Fsp3) is 0.615. The Morgan fingerprint density at radius 1 is 1.19 bits per heavy atom. The topological polar surface area (TPSA) is 117 Å². The first-order valence-electron chi connectivity index (χ1n) is 12.8. The lowest BCUT2D eigenvalue weighted by molar-refractivity contribution is -0.149. The van der Waals surface area contributed by atoms with E-state index in [2.05, 4.69) is 17.6 Å². The molecule has 10 heteroatoms. The SMILES string of the molecule is CNC(=O)Nc1ccc2c(c1)CC(=O)[C@]21OCN(CC(=O)N(CC2CCOCC2)C(C)C2CC2)C1=O. The number of hydrogen-bond donors (Lipinski definition) is 2. The minimum absolute atomic E-state index is 0.0285. The van der Waals surface area contributed by atoms with Crippen molar-refractivity contribution in [3.05, 3.63) is 29.3 Å². The molecule has 1 saturated carbocycles. The first kappa shape index (κ1) is 24.7. The summed E-state index contributed by atoms with van der Waals surface area (Å²) in [7, 11) is 1.51. The largest absolute Gasteiger partial charge is 0.381 e. The molecule has 2 aliphatic carbocycles. The van der Waals surface area contributed by atoms with E-state index in [9.17, 15) is 19.2 Å². The fourth-order valence-corrected chi connectivity index (χ4v) is 5.62. The van der Waals surface area contributed by atoms with Gasteiger partial charge in [-0.2, -0.15) is 0 Å². The van der Waals surface area contributed by atoms with E-state index in [4.69, 9.17) is 9.47 Å². The average Bonchev–Trinajstić information content (AvgIpc) is 3.63.